The van der Waals surface area contributed by atoms with E-state index in [1.807, 2.05) is 7.05 Å². The summed E-state index contributed by atoms with van der Waals surface area (Å²) in [5.74, 6) is 1.90. The van der Waals surface area contributed by atoms with Crippen LogP contribution in [0.1, 0.15) is 44.8 Å². The molecular weight excluding hydrogens is 242 g/mol. The predicted octanol–water partition coefficient (Wildman–Crippen LogP) is 1.55. The van der Waals surface area contributed by atoms with Crippen molar-refractivity contribution < 1.29 is 4.79 Å². The van der Waals surface area contributed by atoms with Gasteiger partial charge in [0.2, 0.25) is 0 Å². The van der Waals surface area contributed by atoms with Crippen molar-refractivity contribution in [3.8, 4) is 0 Å². The number of nitrogens with zero attached hydrogens (tertiary/aromatic N) is 4. The average molecular weight is 265 g/mol. The molecule has 1 aliphatic heterocycles. The number of aryl methyl sites for hydroxylation is 1. The number of rotatable bonds is 5. The molecule has 19 heavy (non-hydrogen) atoms. The number of carbonyl (C=O) groups is 1. The Balaban J connectivity index is 1.86. The summed E-state index contributed by atoms with van der Waals surface area (Å²) in [4.78, 5) is 13.8. The number of urea groups is 1. The number of amides is 2. The number of aromatic nitrogens is 3. The molecule has 1 aromatic heterocycles. The van der Waals surface area contributed by atoms with Crippen LogP contribution in [-0.4, -0.2) is 38.8 Å². The van der Waals surface area contributed by atoms with Gasteiger partial charge >= 0.3 is 6.03 Å². The van der Waals surface area contributed by atoms with Crippen molar-refractivity contribution in [2.75, 3.05) is 7.05 Å². The first kappa shape index (κ1) is 13.8. The van der Waals surface area contributed by atoms with Crippen molar-refractivity contribution in [1.82, 2.24) is 25.0 Å². The molecule has 1 atom stereocenters. The zero-order valence-electron chi connectivity index (χ0n) is 12.0. The van der Waals surface area contributed by atoms with Gasteiger partial charge in [0.15, 0.2) is 5.82 Å². The van der Waals surface area contributed by atoms with E-state index in [1.54, 1.807) is 4.90 Å². The van der Waals surface area contributed by atoms with Crippen LogP contribution in [0.15, 0.2) is 0 Å². The van der Waals surface area contributed by atoms with E-state index in [-0.39, 0.29) is 12.1 Å². The molecule has 6 nitrogen and oxygen atoms in total. The van der Waals surface area contributed by atoms with Crippen LogP contribution in [0.5, 0.6) is 0 Å². The summed E-state index contributed by atoms with van der Waals surface area (Å²) in [5.41, 5.74) is 0. The van der Waals surface area contributed by atoms with Gasteiger partial charge < -0.3 is 14.8 Å². The maximum absolute atomic E-state index is 12.0. The van der Waals surface area contributed by atoms with Crippen LogP contribution in [0, 0.1) is 0 Å². The molecule has 2 amide bonds. The number of nitrogens with one attached hydrogen (secondary N) is 1. The van der Waals surface area contributed by atoms with Gasteiger partial charge in [-0.25, -0.2) is 4.79 Å². The Kier molecular flexibility index (Phi) is 4.39. The molecule has 0 saturated heterocycles. The third kappa shape index (κ3) is 3.05. The molecule has 1 N–H and O–H groups in total. The lowest BCUT2D eigenvalue weighted by Gasteiger charge is -2.24. The first-order valence-electron chi connectivity index (χ1n) is 7.05. The second-order valence-electron chi connectivity index (χ2n) is 5.19. The van der Waals surface area contributed by atoms with Gasteiger partial charge in [0.05, 0.1) is 6.54 Å². The fourth-order valence-electron chi connectivity index (χ4n) is 2.43. The van der Waals surface area contributed by atoms with Crippen molar-refractivity contribution in [2.24, 2.45) is 0 Å². The highest BCUT2D eigenvalue weighted by Gasteiger charge is 2.19. The van der Waals surface area contributed by atoms with E-state index in [0.717, 1.165) is 43.9 Å². The smallest absolute Gasteiger partial charge is 0.317 e. The van der Waals surface area contributed by atoms with Gasteiger partial charge in [-0.1, -0.05) is 13.3 Å². The minimum Gasteiger partial charge on any atom is -0.331 e. The number of hydrogen-bond donors (Lipinski definition) is 1. The van der Waals surface area contributed by atoms with Crippen LogP contribution in [0.25, 0.3) is 0 Å². The molecule has 0 aliphatic carbocycles. The summed E-state index contributed by atoms with van der Waals surface area (Å²) >= 11 is 0. The van der Waals surface area contributed by atoms with Crippen LogP contribution in [0.4, 0.5) is 4.79 Å². The third-order valence-corrected chi connectivity index (χ3v) is 3.77. The fraction of sp³-hybridized carbons (Fsp3) is 0.769. The summed E-state index contributed by atoms with van der Waals surface area (Å²) in [6, 6.07) is 0.213. The first-order valence-corrected chi connectivity index (χ1v) is 7.05. The minimum absolute atomic E-state index is 0.0451. The largest absolute Gasteiger partial charge is 0.331 e. The summed E-state index contributed by atoms with van der Waals surface area (Å²) in [6.07, 6.45) is 4.22. The number of hydrogen-bond acceptors (Lipinski definition) is 3. The Morgan fingerprint density at radius 1 is 1.53 bits per heavy atom. The lowest BCUT2D eigenvalue weighted by Crippen LogP contribution is -2.42. The van der Waals surface area contributed by atoms with Gasteiger partial charge in [0.25, 0.3) is 0 Å². The molecule has 0 bridgehead atoms. The summed E-state index contributed by atoms with van der Waals surface area (Å²) < 4.78 is 2.11. The molecule has 2 rings (SSSR count). The van der Waals surface area contributed by atoms with E-state index in [9.17, 15) is 4.79 Å². The van der Waals surface area contributed by atoms with Gasteiger partial charge in [-0.2, -0.15) is 0 Å². The zero-order valence-corrected chi connectivity index (χ0v) is 12.0. The lowest BCUT2D eigenvalue weighted by atomic mass is 10.2. The van der Waals surface area contributed by atoms with Gasteiger partial charge in [-0.05, 0) is 19.8 Å². The van der Waals surface area contributed by atoms with Crippen molar-refractivity contribution in [3.05, 3.63) is 11.6 Å². The summed E-state index contributed by atoms with van der Waals surface area (Å²) in [7, 11) is 1.84. The van der Waals surface area contributed by atoms with Crippen LogP contribution < -0.4 is 5.32 Å². The molecule has 0 saturated carbocycles. The normalized spacial score (nSPS) is 15.1. The van der Waals surface area contributed by atoms with Gasteiger partial charge in [-0.15, -0.1) is 10.2 Å². The molecule has 1 aliphatic rings. The van der Waals surface area contributed by atoms with Gasteiger partial charge in [-0.3, -0.25) is 0 Å². The predicted molar refractivity (Wildman–Crippen MR) is 72.7 cm³/mol. The Labute approximate surface area is 114 Å². The highest BCUT2D eigenvalue weighted by atomic mass is 16.2. The third-order valence-electron chi connectivity index (χ3n) is 3.77. The van der Waals surface area contributed by atoms with E-state index in [2.05, 4.69) is 33.9 Å². The second kappa shape index (κ2) is 6.04. The van der Waals surface area contributed by atoms with Crippen LogP contribution in [0.2, 0.25) is 0 Å². The maximum atomic E-state index is 12.0. The highest BCUT2D eigenvalue weighted by molar-refractivity contribution is 5.74. The molecule has 106 valence electrons. The Morgan fingerprint density at radius 2 is 2.32 bits per heavy atom. The Morgan fingerprint density at radius 3 is 3.05 bits per heavy atom. The van der Waals surface area contributed by atoms with Crippen molar-refractivity contribution in [2.45, 2.75) is 58.7 Å². The topological polar surface area (TPSA) is 63.1 Å². The molecule has 1 aromatic rings. The van der Waals surface area contributed by atoms with Gasteiger partial charge in [0, 0.05) is 26.1 Å². The van der Waals surface area contributed by atoms with Crippen molar-refractivity contribution in [1.29, 1.82) is 0 Å². The maximum Gasteiger partial charge on any atom is 0.317 e. The zero-order chi connectivity index (χ0) is 13.8. The molecule has 6 heteroatoms. The monoisotopic (exact) mass is 265 g/mol. The molecule has 0 unspecified atom stereocenters. The summed E-state index contributed by atoms with van der Waals surface area (Å²) in [5, 5.41) is 11.2. The average Bonchev–Trinajstić information content (AvgIpc) is 2.98. The second-order valence-corrected chi connectivity index (χ2v) is 5.19. The first-order chi connectivity index (χ1) is 9.13. The SMILES string of the molecule is CCC[C@@H](C)N(C)C(=O)NCc1nnc2n1CCC2. The summed E-state index contributed by atoms with van der Waals surface area (Å²) in [6.45, 7) is 5.62. The van der Waals surface area contributed by atoms with Crippen molar-refractivity contribution >= 4 is 6.03 Å². The molecular formula is C13H23N5O. The highest BCUT2D eigenvalue weighted by Crippen LogP contribution is 2.13. The van der Waals surface area contributed by atoms with E-state index < -0.39 is 0 Å². The molecule has 0 radical (unpaired) electrons. The minimum atomic E-state index is -0.0451. The van der Waals surface area contributed by atoms with Crippen LogP contribution in [-0.2, 0) is 19.5 Å². The molecule has 0 fully saturated rings. The lowest BCUT2D eigenvalue weighted by molar-refractivity contribution is 0.190. The number of fused-ring (bicyclic) bond motifs is 1. The van der Waals surface area contributed by atoms with E-state index in [4.69, 9.17) is 0 Å². The fourth-order valence-corrected chi connectivity index (χ4v) is 2.43. The van der Waals surface area contributed by atoms with Crippen LogP contribution >= 0.6 is 0 Å². The van der Waals surface area contributed by atoms with Crippen LogP contribution in [0.3, 0.4) is 0 Å². The molecule has 2 heterocycles. The van der Waals surface area contributed by atoms with E-state index in [1.165, 1.54) is 0 Å². The standard InChI is InChI=1S/C13H23N5O/c1-4-6-10(2)17(3)13(19)14-9-12-16-15-11-7-5-8-18(11)12/h10H,4-9H2,1-3H3,(H,14,19)/t10-/m1/s1. The number of carbonyl (C=O) groups excluding carboxylic acids is 1. The van der Waals surface area contributed by atoms with E-state index >= 15 is 0 Å². The quantitative estimate of drug-likeness (QED) is 0.878. The van der Waals surface area contributed by atoms with Gasteiger partial charge in [0.1, 0.15) is 5.82 Å². The van der Waals surface area contributed by atoms with Crippen molar-refractivity contribution in [3.63, 3.8) is 0 Å². The molecule has 0 aromatic carbocycles. The Bertz CT molecular complexity index is 442. The van der Waals surface area contributed by atoms with E-state index in [0.29, 0.717) is 6.54 Å². The Hall–Kier alpha value is -1.59. The molecule has 0 spiro atoms.